The summed E-state index contributed by atoms with van der Waals surface area (Å²) in [6.45, 7) is 8.95. The molecular weight excluding hydrogens is 374 g/mol. The third-order valence-electron chi connectivity index (χ3n) is 5.46. The summed E-state index contributed by atoms with van der Waals surface area (Å²) in [7, 11) is 0. The van der Waals surface area contributed by atoms with Gasteiger partial charge in [-0.3, -0.25) is 0 Å². The van der Waals surface area contributed by atoms with E-state index in [1.54, 1.807) is 11.3 Å². The predicted molar refractivity (Wildman–Crippen MR) is 111 cm³/mol. The Hall–Kier alpha value is -1.13. The normalized spacial score (nSPS) is 25.0. The van der Waals surface area contributed by atoms with Crippen LogP contribution in [0.5, 0.6) is 0 Å². The van der Waals surface area contributed by atoms with Crippen LogP contribution < -0.4 is 17.7 Å². The van der Waals surface area contributed by atoms with E-state index in [-0.39, 0.29) is 29.3 Å². The van der Waals surface area contributed by atoms with Crippen molar-refractivity contribution in [1.29, 1.82) is 0 Å². The summed E-state index contributed by atoms with van der Waals surface area (Å²) in [5.41, 5.74) is 4.35. The zero-order valence-electron chi connectivity index (χ0n) is 16.6. The van der Waals surface area contributed by atoms with Crippen molar-refractivity contribution >= 4 is 16.9 Å². The van der Waals surface area contributed by atoms with Gasteiger partial charge in [0.1, 0.15) is 0 Å². The van der Waals surface area contributed by atoms with E-state index in [1.165, 1.54) is 23.1 Å². The quantitative estimate of drug-likeness (QED) is 0.699. The number of hydrogen-bond acceptors (Lipinski definition) is 2. The Morgan fingerprint density at radius 2 is 1.89 bits per heavy atom. The van der Waals surface area contributed by atoms with Gasteiger partial charge in [-0.2, -0.15) is 11.3 Å². The largest absolute Gasteiger partial charge is 1.00 e. The first-order chi connectivity index (χ1) is 12.4. The van der Waals surface area contributed by atoms with Gasteiger partial charge < -0.3 is 22.8 Å². The van der Waals surface area contributed by atoms with Crippen molar-refractivity contribution in [3.8, 4) is 0 Å². The molecule has 2 nitrogen and oxygen atoms in total. The standard InChI is InChI=1S/C23H31NOS.ClH/c1-22(2)13-20(25)14-23(3,16-22)17-24-11-9-21(19-10-12-26-15-19)18-7-5-4-6-8-18;/h4-10,12,15,20,24-25H,11,13-14,16-17H2,1-3H3;1H/b21-9+;. The van der Waals surface area contributed by atoms with E-state index in [1.807, 2.05) is 0 Å². The van der Waals surface area contributed by atoms with Crippen molar-refractivity contribution < 1.29 is 22.8 Å². The van der Waals surface area contributed by atoms with Crippen LogP contribution in [0.2, 0.25) is 0 Å². The van der Waals surface area contributed by atoms with E-state index in [4.69, 9.17) is 0 Å². The van der Waals surface area contributed by atoms with Gasteiger partial charge in [-0.15, -0.1) is 0 Å². The molecule has 4 heteroatoms. The monoisotopic (exact) mass is 405 g/mol. The van der Waals surface area contributed by atoms with Crippen molar-refractivity contribution in [2.45, 2.75) is 46.1 Å². The molecular formula is C23H32ClNOS. The molecule has 0 aliphatic heterocycles. The fourth-order valence-electron chi connectivity index (χ4n) is 4.80. The topological polar surface area (TPSA) is 36.8 Å². The molecule has 2 aromatic rings. The molecule has 3 rings (SSSR count). The molecule has 1 heterocycles. The van der Waals surface area contributed by atoms with E-state index in [0.717, 1.165) is 25.9 Å². The summed E-state index contributed by atoms with van der Waals surface area (Å²) in [5.74, 6) is 0. The van der Waals surface area contributed by atoms with Gasteiger partial charge in [0.05, 0.1) is 19.2 Å². The number of aliphatic hydroxyl groups excluding tert-OH is 1. The molecule has 0 radical (unpaired) electrons. The molecule has 1 aliphatic carbocycles. The van der Waals surface area contributed by atoms with E-state index in [2.05, 4.69) is 79.3 Å². The minimum atomic E-state index is -0.154. The molecule has 2 unspecified atom stereocenters. The molecule has 1 saturated carbocycles. The third-order valence-corrected chi connectivity index (χ3v) is 6.15. The van der Waals surface area contributed by atoms with Crippen LogP contribution in [-0.4, -0.2) is 24.3 Å². The smallest absolute Gasteiger partial charge is 0.0951 e. The minimum Gasteiger partial charge on any atom is -1.00 e. The highest BCUT2D eigenvalue weighted by Crippen LogP contribution is 2.45. The van der Waals surface area contributed by atoms with E-state index < -0.39 is 0 Å². The van der Waals surface area contributed by atoms with Crippen LogP contribution >= 0.6 is 11.3 Å². The summed E-state index contributed by atoms with van der Waals surface area (Å²) in [5, 5.41) is 17.0. The lowest BCUT2D eigenvalue weighted by Gasteiger charge is -2.44. The number of halogens is 1. The lowest BCUT2D eigenvalue weighted by molar-refractivity contribution is -0.658. The van der Waals surface area contributed by atoms with Crippen LogP contribution in [0.15, 0.2) is 53.2 Å². The molecule has 0 bridgehead atoms. The maximum Gasteiger partial charge on any atom is 0.0951 e. The second kappa shape index (κ2) is 9.38. The molecule has 1 fully saturated rings. The van der Waals surface area contributed by atoms with Gasteiger partial charge >= 0.3 is 0 Å². The average Bonchev–Trinajstić information content (AvgIpc) is 3.07. The number of benzene rings is 1. The highest BCUT2D eigenvalue weighted by atomic mass is 35.5. The second-order valence-electron chi connectivity index (χ2n) is 8.94. The zero-order chi connectivity index (χ0) is 18.6. The molecule has 3 N–H and O–H groups in total. The Bertz CT molecular complexity index is 726. The molecule has 2 atom stereocenters. The summed E-state index contributed by atoms with van der Waals surface area (Å²) >= 11 is 1.75. The van der Waals surface area contributed by atoms with Gasteiger partial charge in [0, 0.05) is 5.41 Å². The van der Waals surface area contributed by atoms with Gasteiger partial charge in [-0.25, -0.2) is 0 Å². The molecule has 0 amide bonds. The first kappa shape index (κ1) is 22.2. The Labute approximate surface area is 174 Å². The maximum absolute atomic E-state index is 10.3. The van der Waals surface area contributed by atoms with Gasteiger partial charge in [0.25, 0.3) is 0 Å². The van der Waals surface area contributed by atoms with Gasteiger partial charge in [-0.05, 0) is 64.3 Å². The maximum atomic E-state index is 10.3. The average molecular weight is 406 g/mol. The van der Waals surface area contributed by atoms with E-state index in [0.29, 0.717) is 0 Å². The molecule has 0 spiro atoms. The summed E-state index contributed by atoms with van der Waals surface area (Å²) < 4.78 is 0. The van der Waals surface area contributed by atoms with E-state index in [9.17, 15) is 5.11 Å². The fraction of sp³-hybridized carbons (Fsp3) is 0.478. The van der Waals surface area contributed by atoms with Gasteiger partial charge in [0.2, 0.25) is 0 Å². The van der Waals surface area contributed by atoms with Gasteiger partial charge in [-0.1, -0.05) is 51.1 Å². The molecule has 1 aliphatic rings. The van der Waals surface area contributed by atoms with Crippen molar-refractivity contribution in [2.24, 2.45) is 10.8 Å². The lowest BCUT2D eigenvalue weighted by Crippen LogP contribution is -3.00. The summed E-state index contributed by atoms with van der Waals surface area (Å²) in [6, 6.07) is 12.8. The number of aliphatic hydroxyl groups is 1. The first-order valence-electron chi connectivity index (χ1n) is 9.65. The number of rotatable bonds is 6. The second-order valence-corrected chi connectivity index (χ2v) is 9.72. The highest BCUT2D eigenvalue weighted by molar-refractivity contribution is 7.08. The number of quaternary nitrogens is 1. The van der Waals surface area contributed by atoms with Crippen LogP contribution in [0.4, 0.5) is 0 Å². The van der Waals surface area contributed by atoms with Gasteiger partial charge in [0.15, 0.2) is 0 Å². The summed E-state index contributed by atoms with van der Waals surface area (Å²) in [6.07, 6.45) is 5.24. The SMILES string of the molecule is CC1(C)CC(O)CC(C)(C[NH2+]C/C=C(\c2ccccc2)c2ccsc2)C1.[Cl-]. The Morgan fingerprint density at radius 3 is 2.52 bits per heavy atom. The molecule has 148 valence electrons. The Balaban J connectivity index is 0.00000261. The van der Waals surface area contributed by atoms with Crippen LogP contribution in [-0.2, 0) is 0 Å². The zero-order valence-corrected chi connectivity index (χ0v) is 18.2. The minimum absolute atomic E-state index is 0. The number of hydrogen-bond donors (Lipinski definition) is 2. The van der Waals surface area contributed by atoms with Crippen molar-refractivity contribution in [2.75, 3.05) is 13.1 Å². The molecule has 1 aromatic carbocycles. The van der Waals surface area contributed by atoms with Crippen LogP contribution in [0.3, 0.4) is 0 Å². The van der Waals surface area contributed by atoms with E-state index >= 15 is 0 Å². The number of thiophene rings is 1. The van der Waals surface area contributed by atoms with Crippen molar-refractivity contribution in [3.05, 3.63) is 64.4 Å². The molecule has 27 heavy (non-hydrogen) atoms. The fourth-order valence-corrected chi connectivity index (χ4v) is 5.46. The van der Waals surface area contributed by atoms with Crippen molar-refractivity contribution in [3.63, 3.8) is 0 Å². The third kappa shape index (κ3) is 6.18. The Morgan fingerprint density at radius 1 is 1.15 bits per heavy atom. The van der Waals surface area contributed by atoms with Crippen LogP contribution in [0.1, 0.15) is 51.2 Å². The van der Waals surface area contributed by atoms with Crippen molar-refractivity contribution in [1.82, 2.24) is 0 Å². The summed E-state index contributed by atoms with van der Waals surface area (Å²) in [4.78, 5) is 0. The number of nitrogens with two attached hydrogens (primary N) is 1. The lowest BCUT2D eigenvalue weighted by atomic mass is 9.63. The first-order valence-corrected chi connectivity index (χ1v) is 10.6. The molecule has 0 saturated heterocycles. The predicted octanol–water partition coefficient (Wildman–Crippen LogP) is 1.32. The molecule has 1 aromatic heterocycles. The highest BCUT2D eigenvalue weighted by Gasteiger charge is 2.41. The Kier molecular flexibility index (Phi) is 7.70. The van der Waals surface area contributed by atoms with Crippen LogP contribution in [0.25, 0.3) is 5.57 Å². The van der Waals surface area contributed by atoms with Crippen LogP contribution in [0, 0.1) is 10.8 Å².